The van der Waals surface area contributed by atoms with Crippen molar-refractivity contribution in [2.75, 3.05) is 18.0 Å². The van der Waals surface area contributed by atoms with Gasteiger partial charge < -0.3 is 4.90 Å². The molecule has 0 bridgehead atoms. The SMILES string of the molecule is CCCN(CCC)c1ccccc1Sc1ccc(C)cc1C. The highest BCUT2D eigenvalue weighted by molar-refractivity contribution is 7.99. The van der Waals surface area contributed by atoms with Gasteiger partial charge in [0.2, 0.25) is 0 Å². The van der Waals surface area contributed by atoms with Crippen molar-refractivity contribution >= 4 is 17.4 Å². The third kappa shape index (κ3) is 4.30. The third-order valence-corrected chi connectivity index (χ3v) is 4.99. The van der Waals surface area contributed by atoms with Gasteiger partial charge >= 0.3 is 0 Å². The molecule has 0 fully saturated rings. The molecule has 0 aliphatic rings. The number of benzene rings is 2. The topological polar surface area (TPSA) is 3.24 Å². The maximum Gasteiger partial charge on any atom is 0.0508 e. The Morgan fingerprint density at radius 3 is 2.18 bits per heavy atom. The lowest BCUT2D eigenvalue weighted by Gasteiger charge is -2.26. The lowest BCUT2D eigenvalue weighted by Crippen LogP contribution is -2.25. The molecule has 0 atom stereocenters. The summed E-state index contributed by atoms with van der Waals surface area (Å²) in [5, 5.41) is 0. The summed E-state index contributed by atoms with van der Waals surface area (Å²) in [5.41, 5.74) is 4.06. The predicted molar refractivity (Wildman–Crippen MR) is 99.3 cm³/mol. The summed E-state index contributed by atoms with van der Waals surface area (Å²) in [7, 11) is 0. The van der Waals surface area contributed by atoms with E-state index in [1.165, 1.54) is 39.4 Å². The van der Waals surface area contributed by atoms with Crippen LogP contribution in [0.15, 0.2) is 52.3 Å². The molecular formula is C20H27NS. The summed E-state index contributed by atoms with van der Waals surface area (Å²) in [6.07, 6.45) is 2.37. The fourth-order valence-corrected chi connectivity index (χ4v) is 3.77. The number of hydrogen-bond donors (Lipinski definition) is 0. The van der Waals surface area contributed by atoms with Gasteiger partial charge in [-0.15, -0.1) is 0 Å². The Labute approximate surface area is 139 Å². The Morgan fingerprint density at radius 2 is 1.55 bits per heavy atom. The molecule has 2 aromatic carbocycles. The van der Waals surface area contributed by atoms with Gasteiger partial charge in [-0.1, -0.05) is 55.4 Å². The minimum absolute atomic E-state index is 1.12. The second-order valence-electron chi connectivity index (χ2n) is 5.83. The standard InChI is InChI=1S/C20H27NS/c1-5-13-21(14-6-2)18-9-7-8-10-20(18)22-19-12-11-16(3)15-17(19)4/h7-12,15H,5-6,13-14H2,1-4H3. The van der Waals surface area contributed by atoms with E-state index < -0.39 is 0 Å². The Balaban J connectivity index is 2.31. The zero-order chi connectivity index (χ0) is 15.9. The van der Waals surface area contributed by atoms with Gasteiger partial charge in [-0.3, -0.25) is 0 Å². The highest BCUT2D eigenvalue weighted by Crippen LogP contribution is 2.37. The van der Waals surface area contributed by atoms with Crippen molar-refractivity contribution in [1.29, 1.82) is 0 Å². The summed E-state index contributed by atoms with van der Waals surface area (Å²) >= 11 is 1.89. The molecule has 0 spiro atoms. The fourth-order valence-electron chi connectivity index (χ4n) is 2.73. The van der Waals surface area contributed by atoms with Crippen LogP contribution in [-0.4, -0.2) is 13.1 Å². The molecule has 0 aromatic heterocycles. The molecule has 0 radical (unpaired) electrons. The van der Waals surface area contributed by atoms with Crippen LogP contribution in [0.3, 0.4) is 0 Å². The van der Waals surface area contributed by atoms with E-state index >= 15 is 0 Å². The molecule has 2 aromatic rings. The summed E-state index contributed by atoms with van der Waals surface area (Å²) in [6.45, 7) is 11.1. The number of nitrogens with zero attached hydrogens (tertiary/aromatic N) is 1. The summed E-state index contributed by atoms with van der Waals surface area (Å²) in [6, 6.07) is 15.5. The van der Waals surface area contributed by atoms with Crippen molar-refractivity contribution in [3.63, 3.8) is 0 Å². The highest BCUT2D eigenvalue weighted by atomic mass is 32.2. The van der Waals surface area contributed by atoms with Crippen molar-refractivity contribution in [1.82, 2.24) is 0 Å². The van der Waals surface area contributed by atoms with Crippen LogP contribution < -0.4 is 4.90 Å². The lowest BCUT2D eigenvalue weighted by atomic mass is 10.2. The molecule has 0 unspecified atom stereocenters. The zero-order valence-electron chi connectivity index (χ0n) is 14.2. The molecule has 2 heteroatoms. The first-order valence-electron chi connectivity index (χ1n) is 8.24. The van der Waals surface area contributed by atoms with E-state index in [4.69, 9.17) is 0 Å². The van der Waals surface area contributed by atoms with Gasteiger partial charge in [0.1, 0.15) is 0 Å². The molecule has 0 aliphatic carbocycles. The second kappa shape index (κ2) is 8.28. The molecule has 0 saturated carbocycles. The van der Waals surface area contributed by atoms with Crippen LogP contribution in [0, 0.1) is 13.8 Å². The first kappa shape index (κ1) is 17.0. The van der Waals surface area contributed by atoms with Crippen LogP contribution in [-0.2, 0) is 0 Å². The first-order valence-corrected chi connectivity index (χ1v) is 9.06. The Morgan fingerprint density at radius 1 is 0.864 bits per heavy atom. The Kier molecular flexibility index (Phi) is 6.38. The monoisotopic (exact) mass is 313 g/mol. The smallest absolute Gasteiger partial charge is 0.0508 e. The maximum absolute atomic E-state index is 2.52. The van der Waals surface area contributed by atoms with E-state index in [0.29, 0.717) is 0 Å². The quantitative estimate of drug-likeness (QED) is 0.609. The van der Waals surface area contributed by atoms with E-state index in [1.54, 1.807) is 0 Å². The minimum atomic E-state index is 1.12. The fraction of sp³-hybridized carbons (Fsp3) is 0.400. The Bertz CT molecular complexity index is 600. The van der Waals surface area contributed by atoms with Crippen LogP contribution in [0.5, 0.6) is 0 Å². The third-order valence-electron chi connectivity index (χ3n) is 3.74. The van der Waals surface area contributed by atoms with Crippen molar-refractivity contribution in [3.05, 3.63) is 53.6 Å². The van der Waals surface area contributed by atoms with Gasteiger partial charge in [0.15, 0.2) is 0 Å². The van der Waals surface area contributed by atoms with Crippen molar-refractivity contribution in [3.8, 4) is 0 Å². The predicted octanol–water partition coefficient (Wildman–Crippen LogP) is 6.08. The summed E-state index contributed by atoms with van der Waals surface area (Å²) in [5.74, 6) is 0. The number of para-hydroxylation sites is 1. The first-order chi connectivity index (χ1) is 10.7. The second-order valence-corrected chi connectivity index (χ2v) is 6.91. The molecular weight excluding hydrogens is 286 g/mol. The van der Waals surface area contributed by atoms with Crippen LogP contribution in [0.1, 0.15) is 37.8 Å². The van der Waals surface area contributed by atoms with Gasteiger partial charge in [-0.05, 0) is 50.5 Å². The van der Waals surface area contributed by atoms with E-state index in [0.717, 1.165) is 13.1 Å². The van der Waals surface area contributed by atoms with E-state index in [-0.39, 0.29) is 0 Å². The summed E-state index contributed by atoms with van der Waals surface area (Å²) < 4.78 is 0. The van der Waals surface area contributed by atoms with Crippen molar-refractivity contribution < 1.29 is 0 Å². The van der Waals surface area contributed by atoms with Gasteiger partial charge in [0.25, 0.3) is 0 Å². The minimum Gasteiger partial charge on any atom is -0.371 e. The average molecular weight is 314 g/mol. The van der Waals surface area contributed by atoms with Gasteiger partial charge in [-0.2, -0.15) is 0 Å². The van der Waals surface area contributed by atoms with Crippen LogP contribution in [0.4, 0.5) is 5.69 Å². The molecule has 0 amide bonds. The molecule has 0 aliphatic heterocycles. The number of rotatable bonds is 7. The van der Waals surface area contributed by atoms with Gasteiger partial charge in [0.05, 0.1) is 5.69 Å². The zero-order valence-corrected chi connectivity index (χ0v) is 15.0. The highest BCUT2D eigenvalue weighted by Gasteiger charge is 2.11. The molecule has 0 heterocycles. The van der Waals surface area contributed by atoms with Gasteiger partial charge in [0, 0.05) is 22.9 Å². The largest absolute Gasteiger partial charge is 0.371 e. The van der Waals surface area contributed by atoms with E-state index in [1.807, 2.05) is 11.8 Å². The van der Waals surface area contributed by atoms with Crippen molar-refractivity contribution in [2.24, 2.45) is 0 Å². The molecule has 118 valence electrons. The number of anilines is 1. The average Bonchev–Trinajstić information content (AvgIpc) is 2.50. The number of hydrogen-bond acceptors (Lipinski definition) is 2. The number of aryl methyl sites for hydroxylation is 2. The van der Waals surface area contributed by atoms with Crippen LogP contribution in [0.2, 0.25) is 0 Å². The molecule has 2 rings (SSSR count). The normalized spacial score (nSPS) is 10.7. The lowest BCUT2D eigenvalue weighted by molar-refractivity contribution is 0.739. The summed E-state index contributed by atoms with van der Waals surface area (Å²) in [4.78, 5) is 5.23. The maximum atomic E-state index is 2.52. The molecule has 0 saturated heterocycles. The molecule has 22 heavy (non-hydrogen) atoms. The van der Waals surface area contributed by atoms with E-state index in [9.17, 15) is 0 Å². The van der Waals surface area contributed by atoms with Crippen LogP contribution >= 0.6 is 11.8 Å². The molecule has 0 N–H and O–H groups in total. The Hall–Kier alpha value is -1.41. The van der Waals surface area contributed by atoms with Crippen molar-refractivity contribution in [2.45, 2.75) is 50.3 Å². The van der Waals surface area contributed by atoms with Gasteiger partial charge in [-0.25, -0.2) is 0 Å². The molecule has 1 nitrogen and oxygen atoms in total. The van der Waals surface area contributed by atoms with E-state index in [2.05, 4.69) is 75.1 Å². The van der Waals surface area contributed by atoms with Crippen LogP contribution in [0.25, 0.3) is 0 Å².